The molecule has 1 atom stereocenters. The number of carbonyl (C=O) groups is 1. The third-order valence-electron chi connectivity index (χ3n) is 3.40. The Balaban J connectivity index is 1.62. The molecule has 1 saturated heterocycles. The normalized spacial score (nSPS) is 19.1. The summed E-state index contributed by atoms with van der Waals surface area (Å²) < 4.78 is 5.50. The van der Waals surface area contributed by atoms with Crippen molar-refractivity contribution in [2.75, 3.05) is 18.0 Å². The number of aryl methyl sites for hydroxylation is 1. The molecule has 3 heterocycles. The van der Waals surface area contributed by atoms with Crippen molar-refractivity contribution in [3.05, 3.63) is 23.5 Å². The Morgan fingerprint density at radius 1 is 1.50 bits per heavy atom. The molecule has 0 spiro atoms. The summed E-state index contributed by atoms with van der Waals surface area (Å²) in [4.78, 5) is 14.8. The minimum atomic E-state index is -0.0852. The van der Waals surface area contributed by atoms with Crippen LogP contribution < -0.4 is 10.2 Å². The quantitative estimate of drug-likeness (QED) is 0.900. The van der Waals surface area contributed by atoms with E-state index in [9.17, 15) is 4.79 Å². The van der Waals surface area contributed by atoms with Gasteiger partial charge < -0.3 is 10.2 Å². The van der Waals surface area contributed by atoms with Gasteiger partial charge in [0.2, 0.25) is 0 Å². The Kier molecular flexibility index (Phi) is 3.64. The average molecular weight is 292 g/mol. The van der Waals surface area contributed by atoms with Gasteiger partial charge in [0.1, 0.15) is 4.88 Å². The molecule has 2 aromatic heterocycles. The molecule has 0 bridgehead atoms. The van der Waals surface area contributed by atoms with Crippen LogP contribution in [0.25, 0.3) is 0 Å². The van der Waals surface area contributed by atoms with Gasteiger partial charge in [-0.2, -0.15) is 5.10 Å². The van der Waals surface area contributed by atoms with E-state index in [1.807, 2.05) is 19.4 Å². The largest absolute Gasteiger partial charge is 0.367 e. The van der Waals surface area contributed by atoms with Crippen molar-refractivity contribution in [3.8, 4) is 0 Å². The number of hydrogen-bond acceptors (Lipinski definition) is 6. The number of amides is 1. The second-order valence-electron chi connectivity index (χ2n) is 4.91. The standard InChI is InChI=1S/C12H16N6OS/c1-17-8-10(5-14-17)18-4-2-3-9(7-18)15-12(19)11-6-13-16-20-11/h5-6,8-9H,2-4,7H2,1H3,(H,15,19)/t9-/m1/s1. The summed E-state index contributed by atoms with van der Waals surface area (Å²) in [5, 5.41) is 10.9. The molecule has 8 heteroatoms. The van der Waals surface area contributed by atoms with Crippen molar-refractivity contribution >= 4 is 23.1 Å². The van der Waals surface area contributed by atoms with E-state index >= 15 is 0 Å². The Morgan fingerprint density at radius 3 is 3.10 bits per heavy atom. The molecule has 1 aliphatic rings. The maximum absolute atomic E-state index is 12.0. The maximum atomic E-state index is 12.0. The Bertz CT molecular complexity index is 581. The molecule has 106 valence electrons. The van der Waals surface area contributed by atoms with Crippen LogP contribution in [-0.4, -0.2) is 44.4 Å². The van der Waals surface area contributed by atoms with Crippen molar-refractivity contribution in [3.63, 3.8) is 0 Å². The highest BCUT2D eigenvalue weighted by Gasteiger charge is 2.23. The van der Waals surface area contributed by atoms with Crippen LogP contribution in [0, 0.1) is 0 Å². The van der Waals surface area contributed by atoms with Gasteiger partial charge >= 0.3 is 0 Å². The topological polar surface area (TPSA) is 75.9 Å². The van der Waals surface area contributed by atoms with Crippen LogP contribution in [-0.2, 0) is 7.05 Å². The van der Waals surface area contributed by atoms with Crippen LogP contribution in [0.3, 0.4) is 0 Å². The van der Waals surface area contributed by atoms with Gasteiger partial charge in [0, 0.05) is 32.4 Å². The van der Waals surface area contributed by atoms with Gasteiger partial charge in [-0.25, -0.2) is 0 Å². The second kappa shape index (κ2) is 5.58. The van der Waals surface area contributed by atoms with Gasteiger partial charge in [-0.05, 0) is 24.4 Å². The summed E-state index contributed by atoms with van der Waals surface area (Å²) in [5.41, 5.74) is 1.10. The SMILES string of the molecule is Cn1cc(N2CCC[C@@H](NC(=O)c3cnns3)C2)cn1. The van der Waals surface area contributed by atoms with Crippen molar-refractivity contribution < 1.29 is 4.79 Å². The Labute approximate surface area is 120 Å². The highest BCUT2D eigenvalue weighted by Crippen LogP contribution is 2.19. The van der Waals surface area contributed by atoms with Gasteiger partial charge in [0.15, 0.2) is 0 Å². The molecule has 0 aromatic carbocycles. The summed E-state index contributed by atoms with van der Waals surface area (Å²) >= 11 is 1.12. The maximum Gasteiger partial charge on any atom is 0.264 e. The zero-order chi connectivity index (χ0) is 13.9. The first-order valence-corrected chi connectivity index (χ1v) is 7.31. The number of nitrogens with one attached hydrogen (secondary N) is 1. The van der Waals surface area contributed by atoms with E-state index in [0.717, 1.165) is 43.2 Å². The zero-order valence-electron chi connectivity index (χ0n) is 11.2. The molecule has 0 aliphatic carbocycles. The molecule has 1 amide bonds. The number of carbonyl (C=O) groups excluding carboxylic acids is 1. The highest BCUT2D eigenvalue weighted by atomic mass is 32.1. The summed E-state index contributed by atoms with van der Waals surface area (Å²) in [6, 6.07) is 0.151. The fourth-order valence-corrected chi connectivity index (χ4v) is 2.84. The first kappa shape index (κ1) is 13.0. The van der Waals surface area contributed by atoms with Crippen molar-refractivity contribution in [1.82, 2.24) is 24.7 Å². The fraction of sp³-hybridized carbons (Fsp3) is 0.500. The predicted octanol–water partition coefficient (Wildman–Crippen LogP) is 0.670. The van der Waals surface area contributed by atoms with Crippen LogP contribution in [0.5, 0.6) is 0 Å². The molecular weight excluding hydrogens is 276 g/mol. The summed E-state index contributed by atoms with van der Waals surface area (Å²) in [6.45, 7) is 1.81. The number of aromatic nitrogens is 4. The number of piperidine rings is 1. The molecule has 1 N–H and O–H groups in total. The lowest BCUT2D eigenvalue weighted by Gasteiger charge is -2.33. The lowest BCUT2D eigenvalue weighted by atomic mass is 10.1. The minimum Gasteiger partial charge on any atom is -0.367 e. The fourth-order valence-electron chi connectivity index (χ4n) is 2.42. The molecule has 3 rings (SSSR count). The van der Waals surface area contributed by atoms with Gasteiger partial charge in [0.05, 0.1) is 18.1 Å². The monoisotopic (exact) mass is 292 g/mol. The molecule has 2 aromatic rings. The van der Waals surface area contributed by atoms with Gasteiger partial charge in [-0.1, -0.05) is 4.49 Å². The first-order chi connectivity index (χ1) is 9.72. The molecular formula is C12H16N6OS. The number of rotatable bonds is 3. The van der Waals surface area contributed by atoms with E-state index in [-0.39, 0.29) is 11.9 Å². The smallest absolute Gasteiger partial charge is 0.264 e. The zero-order valence-corrected chi connectivity index (χ0v) is 12.0. The lowest BCUT2D eigenvalue weighted by Crippen LogP contribution is -2.47. The van der Waals surface area contributed by atoms with E-state index in [2.05, 4.69) is 24.9 Å². The summed E-state index contributed by atoms with van der Waals surface area (Å²) in [6.07, 6.45) is 7.41. The molecule has 1 fully saturated rings. The predicted molar refractivity (Wildman–Crippen MR) is 75.8 cm³/mol. The van der Waals surface area contributed by atoms with Crippen LogP contribution in [0.1, 0.15) is 22.5 Å². The van der Waals surface area contributed by atoms with E-state index in [4.69, 9.17) is 0 Å². The third-order valence-corrected chi connectivity index (χ3v) is 4.06. The first-order valence-electron chi connectivity index (χ1n) is 6.54. The van der Waals surface area contributed by atoms with Crippen molar-refractivity contribution in [1.29, 1.82) is 0 Å². The van der Waals surface area contributed by atoms with Gasteiger partial charge in [-0.15, -0.1) is 5.10 Å². The van der Waals surface area contributed by atoms with Crippen molar-refractivity contribution in [2.24, 2.45) is 7.05 Å². The highest BCUT2D eigenvalue weighted by molar-refractivity contribution is 7.07. The number of anilines is 1. The van der Waals surface area contributed by atoms with Crippen molar-refractivity contribution in [2.45, 2.75) is 18.9 Å². The minimum absolute atomic E-state index is 0.0852. The van der Waals surface area contributed by atoms with Crippen LogP contribution in [0.4, 0.5) is 5.69 Å². The Hall–Kier alpha value is -1.96. The molecule has 20 heavy (non-hydrogen) atoms. The lowest BCUT2D eigenvalue weighted by molar-refractivity contribution is 0.0937. The van der Waals surface area contributed by atoms with Crippen LogP contribution >= 0.6 is 11.5 Å². The van der Waals surface area contributed by atoms with Crippen LogP contribution in [0.2, 0.25) is 0 Å². The van der Waals surface area contributed by atoms with Gasteiger partial charge in [0.25, 0.3) is 5.91 Å². The Morgan fingerprint density at radius 2 is 2.40 bits per heavy atom. The van der Waals surface area contributed by atoms with E-state index in [1.54, 1.807) is 4.68 Å². The molecule has 0 radical (unpaired) electrons. The molecule has 0 saturated carbocycles. The van der Waals surface area contributed by atoms with E-state index in [0.29, 0.717) is 4.88 Å². The van der Waals surface area contributed by atoms with Crippen LogP contribution in [0.15, 0.2) is 18.6 Å². The van der Waals surface area contributed by atoms with Gasteiger partial charge in [-0.3, -0.25) is 9.48 Å². The molecule has 1 aliphatic heterocycles. The number of hydrogen-bond donors (Lipinski definition) is 1. The average Bonchev–Trinajstić information content (AvgIpc) is 3.10. The van der Waals surface area contributed by atoms with E-state index in [1.165, 1.54) is 6.20 Å². The van der Waals surface area contributed by atoms with E-state index < -0.39 is 0 Å². The summed E-state index contributed by atoms with van der Waals surface area (Å²) in [7, 11) is 1.91. The third kappa shape index (κ3) is 2.79. The molecule has 0 unspecified atom stereocenters. The number of nitrogens with zero attached hydrogens (tertiary/aromatic N) is 5. The summed E-state index contributed by atoms with van der Waals surface area (Å²) in [5.74, 6) is -0.0852. The second-order valence-corrected chi connectivity index (χ2v) is 5.70. The molecule has 7 nitrogen and oxygen atoms in total.